The summed E-state index contributed by atoms with van der Waals surface area (Å²) in [5.41, 5.74) is 1.18. The maximum absolute atomic E-state index is 13.6. The Hall–Kier alpha value is -1.15. The van der Waals surface area contributed by atoms with E-state index in [1.54, 1.807) is 12.1 Å². The number of nitrogens with one attached hydrogen (secondary N) is 1. The SMILES string of the molecule is CC1CSC2C1NC(C1CC1)C(CC[C@H](O)C[C@@H](O)CC(=O)O)C2c1ccc(F)cc1. The molecule has 2 saturated heterocycles. The van der Waals surface area contributed by atoms with E-state index in [-0.39, 0.29) is 18.7 Å². The van der Waals surface area contributed by atoms with E-state index in [9.17, 15) is 19.4 Å². The maximum Gasteiger partial charge on any atom is 0.305 e. The fourth-order valence-corrected chi connectivity index (χ4v) is 7.57. The minimum absolute atomic E-state index is 0.0829. The fourth-order valence-electron chi connectivity index (χ4n) is 5.72. The summed E-state index contributed by atoms with van der Waals surface area (Å²) < 4.78 is 13.6. The number of aliphatic hydroxyl groups excluding tert-OH is 2. The number of piperidine rings is 1. The van der Waals surface area contributed by atoms with Crippen LogP contribution in [0.1, 0.15) is 56.9 Å². The molecule has 0 aromatic heterocycles. The highest BCUT2D eigenvalue weighted by atomic mass is 32.2. The molecule has 3 fully saturated rings. The second kappa shape index (κ2) is 9.77. The van der Waals surface area contributed by atoms with Crippen LogP contribution in [0.4, 0.5) is 4.39 Å². The molecule has 7 heteroatoms. The highest BCUT2D eigenvalue weighted by Crippen LogP contribution is 2.53. The first-order valence-corrected chi connectivity index (χ1v) is 12.6. The highest BCUT2D eigenvalue weighted by Gasteiger charge is 2.52. The van der Waals surface area contributed by atoms with Gasteiger partial charge < -0.3 is 20.6 Å². The Morgan fingerprint density at radius 3 is 2.55 bits per heavy atom. The van der Waals surface area contributed by atoms with Gasteiger partial charge in [-0.25, -0.2) is 4.39 Å². The van der Waals surface area contributed by atoms with Gasteiger partial charge in [-0.3, -0.25) is 4.79 Å². The van der Waals surface area contributed by atoms with Gasteiger partial charge >= 0.3 is 5.97 Å². The molecule has 2 heterocycles. The molecule has 8 atom stereocenters. The summed E-state index contributed by atoms with van der Waals surface area (Å²) in [5, 5.41) is 33.6. The largest absolute Gasteiger partial charge is 0.481 e. The Labute approximate surface area is 187 Å². The summed E-state index contributed by atoms with van der Waals surface area (Å²) in [6.07, 6.45) is 1.77. The van der Waals surface area contributed by atoms with Crippen molar-refractivity contribution in [3.05, 3.63) is 35.6 Å². The summed E-state index contributed by atoms with van der Waals surface area (Å²) in [7, 11) is 0. The second-order valence-electron chi connectivity index (χ2n) is 9.79. The van der Waals surface area contributed by atoms with Crippen LogP contribution in [0.25, 0.3) is 0 Å². The number of aliphatic carboxylic acids is 1. The van der Waals surface area contributed by atoms with Crippen LogP contribution in [-0.2, 0) is 4.79 Å². The Kier molecular flexibility index (Phi) is 7.26. The molecule has 3 aliphatic rings. The first-order valence-electron chi connectivity index (χ1n) is 11.5. The zero-order valence-corrected chi connectivity index (χ0v) is 18.8. The van der Waals surface area contributed by atoms with Crippen molar-refractivity contribution in [2.24, 2.45) is 17.8 Å². The summed E-state index contributed by atoms with van der Waals surface area (Å²) in [5.74, 6) is 1.71. The average molecular weight is 452 g/mol. The van der Waals surface area contributed by atoms with Crippen molar-refractivity contribution in [1.29, 1.82) is 0 Å². The number of hydrogen-bond acceptors (Lipinski definition) is 5. The smallest absolute Gasteiger partial charge is 0.305 e. The van der Waals surface area contributed by atoms with Crippen molar-refractivity contribution in [3.63, 3.8) is 0 Å². The van der Waals surface area contributed by atoms with Crippen LogP contribution in [0.3, 0.4) is 0 Å². The van der Waals surface area contributed by atoms with E-state index in [1.807, 2.05) is 23.9 Å². The lowest BCUT2D eigenvalue weighted by Crippen LogP contribution is -2.58. The number of carboxylic acid groups (broad SMARTS) is 1. The number of rotatable bonds is 9. The Morgan fingerprint density at radius 2 is 1.90 bits per heavy atom. The van der Waals surface area contributed by atoms with Crippen LogP contribution in [0, 0.1) is 23.6 Å². The zero-order chi connectivity index (χ0) is 22.1. The van der Waals surface area contributed by atoms with Crippen molar-refractivity contribution in [2.45, 2.75) is 80.9 Å². The van der Waals surface area contributed by atoms with Crippen LogP contribution >= 0.6 is 11.8 Å². The fraction of sp³-hybridized carbons (Fsp3) is 0.708. The van der Waals surface area contributed by atoms with Crippen molar-refractivity contribution in [3.8, 4) is 0 Å². The van der Waals surface area contributed by atoms with E-state index in [4.69, 9.17) is 5.11 Å². The van der Waals surface area contributed by atoms with Gasteiger partial charge in [-0.15, -0.1) is 0 Å². The van der Waals surface area contributed by atoms with Crippen molar-refractivity contribution < 1.29 is 24.5 Å². The number of carbonyl (C=O) groups is 1. The summed E-state index contributed by atoms with van der Waals surface area (Å²) >= 11 is 2.01. The van der Waals surface area contributed by atoms with Gasteiger partial charge in [-0.2, -0.15) is 11.8 Å². The lowest BCUT2D eigenvalue weighted by molar-refractivity contribution is -0.139. The van der Waals surface area contributed by atoms with E-state index < -0.39 is 18.2 Å². The molecule has 2 aliphatic heterocycles. The first kappa shape index (κ1) is 23.0. The lowest BCUT2D eigenvalue weighted by Gasteiger charge is -2.47. The molecule has 6 unspecified atom stereocenters. The third-order valence-electron chi connectivity index (χ3n) is 7.35. The Morgan fingerprint density at radius 1 is 1.19 bits per heavy atom. The lowest BCUT2D eigenvalue weighted by atomic mass is 9.69. The third-order valence-corrected chi connectivity index (χ3v) is 9.04. The number of fused-ring (bicyclic) bond motifs is 1. The molecule has 0 spiro atoms. The number of benzene rings is 1. The molecule has 1 saturated carbocycles. The molecule has 31 heavy (non-hydrogen) atoms. The Bertz CT molecular complexity index is 758. The number of halogens is 1. The summed E-state index contributed by atoms with van der Waals surface area (Å²) in [6.45, 7) is 2.31. The predicted octanol–water partition coefficient (Wildman–Crippen LogP) is 3.39. The van der Waals surface area contributed by atoms with E-state index in [1.165, 1.54) is 18.4 Å². The number of aliphatic hydroxyl groups is 2. The van der Waals surface area contributed by atoms with E-state index >= 15 is 0 Å². The molecule has 0 bridgehead atoms. The minimum atomic E-state index is -1.06. The van der Waals surface area contributed by atoms with E-state index in [0.717, 1.165) is 12.2 Å². The molecular formula is C24H34FNO4S. The molecule has 4 rings (SSSR count). The van der Waals surface area contributed by atoms with Crippen LogP contribution in [0.15, 0.2) is 24.3 Å². The zero-order valence-electron chi connectivity index (χ0n) is 18.0. The van der Waals surface area contributed by atoms with Crippen LogP contribution in [0.5, 0.6) is 0 Å². The monoisotopic (exact) mass is 451 g/mol. The number of hydrogen-bond donors (Lipinski definition) is 4. The number of carboxylic acids is 1. The molecule has 1 aromatic carbocycles. The van der Waals surface area contributed by atoms with Gasteiger partial charge in [0.1, 0.15) is 5.82 Å². The van der Waals surface area contributed by atoms with Gasteiger partial charge in [0.2, 0.25) is 0 Å². The second-order valence-corrected chi connectivity index (χ2v) is 11.0. The van der Waals surface area contributed by atoms with Gasteiger partial charge in [0.25, 0.3) is 0 Å². The predicted molar refractivity (Wildman–Crippen MR) is 120 cm³/mol. The summed E-state index contributed by atoms with van der Waals surface area (Å²) in [4.78, 5) is 10.8. The normalized spacial score (nSPS) is 34.8. The first-order chi connectivity index (χ1) is 14.8. The third kappa shape index (κ3) is 5.44. The number of thioether (sulfide) groups is 1. The van der Waals surface area contributed by atoms with Crippen molar-refractivity contribution in [2.75, 3.05) is 5.75 Å². The topological polar surface area (TPSA) is 89.8 Å². The quantitative estimate of drug-likeness (QED) is 0.460. The molecule has 0 radical (unpaired) electrons. The van der Waals surface area contributed by atoms with Crippen molar-refractivity contribution in [1.82, 2.24) is 5.32 Å². The molecule has 5 nitrogen and oxygen atoms in total. The highest BCUT2D eigenvalue weighted by molar-refractivity contribution is 8.00. The molecular weight excluding hydrogens is 417 g/mol. The Balaban J connectivity index is 1.52. The van der Waals surface area contributed by atoms with E-state index in [0.29, 0.717) is 47.4 Å². The van der Waals surface area contributed by atoms with Gasteiger partial charge in [0.05, 0.1) is 18.6 Å². The van der Waals surface area contributed by atoms with Gasteiger partial charge in [-0.05, 0) is 73.3 Å². The van der Waals surface area contributed by atoms with Crippen LogP contribution < -0.4 is 5.32 Å². The average Bonchev–Trinajstić information content (AvgIpc) is 3.49. The summed E-state index contributed by atoms with van der Waals surface area (Å²) in [6, 6.07) is 7.79. The van der Waals surface area contributed by atoms with E-state index in [2.05, 4.69) is 12.2 Å². The molecule has 0 amide bonds. The molecule has 1 aliphatic carbocycles. The maximum atomic E-state index is 13.6. The van der Waals surface area contributed by atoms with Crippen molar-refractivity contribution >= 4 is 17.7 Å². The minimum Gasteiger partial charge on any atom is -0.481 e. The molecule has 1 aromatic rings. The molecule has 172 valence electrons. The van der Waals surface area contributed by atoms with Gasteiger partial charge in [-0.1, -0.05) is 19.1 Å². The molecule has 4 N–H and O–H groups in total. The van der Waals surface area contributed by atoms with Crippen LogP contribution in [0.2, 0.25) is 0 Å². The van der Waals surface area contributed by atoms with Crippen LogP contribution in [-0.4, -0.2) is 56.6 Å². The standard InChI is InChI=1S/C24H34FNO4S/c1-13-12-31-24-21(14-4-6-16(25)7-5-14)19(23(15-2-3-15)26-22(13)24)9-8-17(27)10-18(28)11-20(29)30/h4-7,13,15,17-19,21-24,26-28H,2-3,8-12H2,1H3,(H,29,30)/t13?,17-,18+,19?,21?,22?,23?,24?/m0/s1. The van der Waals surface area contributed by atoms with Gasteiger partial charge in [0, 0.05) is 23.3 Å². The van der Waals surface area contributed by atoms with Gasteiger partial charge in [0.15, 0.2) is 0 Å².